The number of benzene rings is 7. The van der Waals surface area contributed by atoms with E-state index in [-0.39, 0.29) is 10.8 Å². The maximum Gasteiger partial charge on any atom is 0.135 e. The molecule has 230 valence electrons. The van der Waals surface area contributed by atoms with Gasteiger partial charge in [0.25, 0.3) is 0 Å². The zero-order chi connectivity index (χ0) is 32.4. The molecule has 0 bridgehead atoms. The topological polar surface area (TPSA) is 16.4 Å². The Balaban J connectivity index is 1.37. The number of hydrogen-bond donors (Lipinski definition) is 0. The van der Waals surface area contributed by atoms with E-state index in [1.807, 2.05) is 6.07 Å². The van der Waals surface area contributed by atoms with Gasteiger partial charge in [0.1, 0.15) is 11.2 Å². The molecular weight excluding hydrogens is 583 g/mol. The fraction of sp³-hybridized carbons (Fsp3) is 0.130. The van der Waals surface area contributed by atoms with E-state index < -0.39 is 0 Å². The van der Waals surface area contributed by atoms with Gasteiger partial charge in [0.15, 0.2) is 0 Å². The molecule has 10 rings (SSSR count). The molecule has 0 saturated carbocycles. The van der Waals surface area contributed by atoms with Crippen LogP contribution >= 0.6 is 0 Å². The highest BCUT2D eigenvalue weighted by molar-refractivity contribution is 6.10. The average molecular weight is 618 g/mol. The fourth-order valence-electron chi connectivity index (χ4n) is 8.99. The Hall–Kier alpha value is -5.60. The molecule has 2 aliphatic rings. The molecule has 0 spiro atoms. The third-order valence-electron chi connectivity index (χ3n) is 11.2. The molecule has 0 amide bonds. The Morgan fingerprint density at radius 3 is 1.90 bits per heavy atom. The first-order chi connectivity index (χ1) is 23.3. The van der Waals surface area contributed by atoms with E-state index in [1.165, 1.54) is 66.7 Å². The lowest BCUT2D eigenvalue weighted by Gasteiger charge is -2.32. The summed E-state index contributed by atoms with van der Waals surface area (Å²) in [6.07, 6.45) is 0. The largest absolute Gasteiger partial charge is 0.456 e. The van der Waals surface area contributed by atoms with Crippen molar-refractivity contribution in [3.05, 3.63) is 162 Å². The van der Waals surface area contributed by atoms with E-state index in [9.17, 15) is 0 Å². The lowest BCUT2D eigenvalue weighted by molar-refractivity contribution is 0.660. The van der Waals surface area contributed by atoms with Crippen molar-refractivity contribution in [2.75, 3.05) is 4.90 Å². The van der Waals surface area contributed by atoms with E-state index in [0.717, 1.165) is 27.6 Å². The van der Waals surface area contributed by atoms with Gasteiger partial charge in [0.05, 0.1) is 11.4 Å². The number of fused-ring (bicyclic) bond motifs is 11. The molecule has 0 atom stereocenters. The molecule has 2 nitrogen and oxygen atoms in total. The van der Waals surface area contributed by atoms with Gasteiger partial charge in [0, 0.05) is 38.4 Å². The van der Waals surface area contributed by atoms with Gasteiger partial charge in [0.2, 0.25) is 0 Å². The van der Waals surface area contributed by atoms with Gasteiger partial charge in [-0.15, -0.1) is 0 Å². The summed E-state index contributed by atoms with van der Waals surface area (Å²) in [6, 6.07) is 51.3. The summed E-state index contributed by atoms with van der Waals surface area (Å²) in [5, 5.41) is 4.83. The molecule has 2 aliphatic carbocycles. The molecular formula is C46H35NO. The van der Waals surface area contributed by atoms with Crippen LogP contribution in [0.4, 0.5) is 17.1 Å². The highest BCUT2D eigenvalue weighted by Crippen LogP contribution is 2.59. The molecule has 48 heavy (non-hydrogen) atoms. The van der Waals surface area contributed by atoms with Crippen molar-refractivity contribution in [3.8, 4) is 22.3 Å². The summed E-state index contributed by atoms with van der Waals surface area (Å²) >= 11 is 0. The first-order valence-electron chi connectivity index (χ1n) is 16.9. The van der Waals surface area contributed by atoms with E-state index in [1.54, 1.807) is 0 Å². The van der Waals surface area contributed by atoms with Gasteiger partial charge in [-0.2, -0.15) is 0 Å². The SMILES string of the molecule is CC1(C)c2ccccc2-c2c(N(c3ccc4oc5ccccc5c4c3)c3cc4ccccc4c4c3-c3ccccc3C4(C)C)cccc21. The van der Waals surface area contributed by atoms with Crippen LogP contribution in [0.15, 0.2) is 144 Å². The standard InChI is InChI=1S/C46H35NO/c1-45(2)35-19-10-7-17-32(35)42-37(45)21-13-22-38(42)47(29-24-25-41-34(27-29)31-16-9-12-23-40(31)48-41)39-26-28-14-5-6-15-30(28)44-43(39)33-18-8-11-20-36(33)46(44,3)4/h5-27H,1-4H3. The van der Waals surface area contributed by atoms with Crippen LogP contribution in [0.1, 0.15) is 49.9 Å². The van der Waals surface area contributed by atoms with Gasteiger partial charge < -0.3 is 9.32 Å². The van der Waals surface area contributed by atoms with Crippen molar-refractivity contribution in [2.45, 2.75) is 38.5 Å². The average Bonchev–Trinajstić information content (AvgIpc) is 3.69. The highest BCUT2D eigenvalue weighted by atomic mass is 16.3. The first-order valence-corrected chi connectivity index (χ1v) is 16.9. The van der Waals surface area contributed by atoms with Gasteiger partial charge in [-0.05, 0) is 80.6 Å². The van der Waals surface area contributed by atoms with E-state index >= 15 is 0 Å². The zero-order valence-electron chi connectivity index (χ0n) is 27.6. The number of para-hydroxylation sites is 1. The third-order valence-corrected chi connectivity index (χ3v) is 11.2. The van der Waals surface area contributed by atoms with Gasteiger partial charge >= 0.3 is 0 Å². The van der Waals surface area contributed by atoms with Crippen molar-refractivity contribution < 1.29 is 4.42 Å². The summed E-state index contributed by atoms with van der Waals surface area (Å²) < 4.78 is 6.33. The smallest absolute Gasteiger partial charge is 0.135 e. The quantitative estimate of drug-likeness (QED) is 0.196. The van der Waals surface area contributed by atoms with Crippen molar-refractivity contribution >= 4 is 49.8 Å². The maximum atomic E-state index is 6.33. The highest BCUT2D eigenvalue weighted by Gasteiger charge is 2.41. The molecule has 7 aromatic carbocycles. The second-order valence-corrected chi connectivity index (χ2v) is 14.5. The van der Waals surface area contributed by atoms with E-state index in [2.05, 4.69) is 166 Å². The van der Waals surface area contributed by atoms with Crippen molar-refractivity contribution in [3.63, 3.8) is 0 Å². The Morgan fingerprint density at radius 2 is 1.08 bits per heavy atom. The van der Waals surface area contributed by atoms with Gasteiger partial charge in [-0.1, -0.05) is 131 Å². The Kier molecular flexibility index (Phi) is 5.44. The number of rotatable bonds is 3. The molecule has 0 fully saturated rings. The number of nitrogens with zero attached hydrogens (tertiary/aromatic N) is 1. The number of anilines is 3. The third kappa shape index (κ3) is 3.52. The molecule has 8 aromatic rings. The van der Waals surface area contributed by atoms with Gasteiger partial charge in [-0.3, -0.25) is 0 Å². The minimum absolute atomic E-state index is 0.113. The molecule has 0 radical (unpaired) electrons. The minimum Gasteiger partial charge on any atom is -0.456 e. The predicted octanol–water partition coefficient (Wildman–Crippen LogP) is 12.8. The van der Waals surface area contributed by atoms with E-state index in [0.29, 0.717) is 0 Å². The van der Waals surface area contributed by atoms with Crippen LogP contribution in [0.25, 0.3) is 55.0 Å². The number of hydrogen-bond acceptors (Lipinski definition) is 2. The normalized spacial score (nSPS) is 15.0. The Bertz CT molecular complexity index is 2630. The fourth-order valence-corrected chi connectivity index (χ4v) is 8.99. The second-order valence-electron chi connectivity index (χ2n) is 14.5. The maximum absolute atomic E-state index is 6.33. The van der Waals surface area contributed by atoms with Crippen LogP contribution in [0.3, 0.4) is 0 Å². The first kappa shape index (κ1) is 27.5. The summed E-state index contributed by atoms with van der Waals surface area (Å²) in [4.78, 5) is 2.54. The van der Waals surface area contributed by atoms with Gasteiger partial charge in [-0.25, -0.2) is 0 Å². The monoisotopic (exact) mass is 617 g/mol. The van der Waals surface area contributed by atoms with Crippen LogP contribution in [0, 0.1) is 0 Å². The van der Waals surface area contributed by atoms with Crippen molar-refractivity contribution in [1.82, 2.24) is 0 Å². The van der Waals surface area contributed by atoms with Crippen molar-refractivity contribution in [1.29, 1.82) is 0 Å². The van der Waals surface area contributed by atoms with Crippen LogP contribution in [-0.4, -0.2) is 0 Å². The number of furan rings is 1. The molecule has 2 heteroatoms. The summed E-state index contributed by atoms with van der Waals surface area (Å²) in [5.74, 6) is 0. The minimum atomic E-state index is -0.162. The van der Waals surface area contributed by atoms with Crippen LogP contribution in [0.2, 0.25) is 0 Å². The van der Waals surface area contributed by atoms with Crippen molar-refractivity contribution in [2.24, 2.45) is 0 Å². The van der Waals surface area contributed by atoms with E-state index in [4.69, 9.17) is 4.42 Å². The summed E-state index contributed by atoms with van der Waals surface area (Å²) in [6.45, 7) is 9.51. The summed E-state index contributed by atoms with van der Waals surface area (Å²) in [5.41, 5.74) is 15.8. The molecule has 0 N–H and O–H groups in total. The molecule has 1 aromatic heterocycles. The Morgan fingerprint density at radius 1 is 0.458 bits per heavy atom. The molecule has 0 saturated heterocycles. The second kappa shape index (κ2) is 9.49. The lowest BCUT2D eigenvalue weighted by Crippen LogP contribution is -2.17. The molecule has 0 unspecified atom stereocenters. The zero-order valence-corrected chi connectivity index (χ0v) is 27.6. The lowest BCUT2D eigenvalue weighted by atomic mass is 9.80. The summed E-state index contributed by atoms with van der Waals surface area (Å²) in [7, 11) is 0. The predicted molar refractivity (Wildman–Crippen MR) is 201 cm³/mol. The molecule has 1 heterocycles. The van der Waals surface area contributed by atoms with Crippen LogP contribution in [0.5, 0.6) is 0 Å². The van der Waals surface area contributed by atoms with Crippen LogP contribution < -0.4 is 4.90 Å². The van der Waals surface area contributed by atoms with Crippen LogP contribution in [-0.2, 0) is 10.8 Å². The molecule has 0 aliphatic heterocycles. The Labute approximate surface area is 280 Å².